The minimum atomic E-state index is -0.320. The monoisotopic (exact) mass is 252 g/mol. The van der Waals surface area contributed by atoms with Crippen molar-refractivity contribution in [1.29, 1.82) is 0 Å². The van der Waals surface area contributed by atoms with Crippen molar-refractivity contribution in [3.8, 4) is 0 Å². The van der Waals surface area contributed by atoms with Gasteiger partial charge < -0.3 is 10.6 Å². The maximum absolute atomic E-state index is 11.9. The van der Waals surface area contributed by atoms with E-state index in [1.807, 2.05) is 0 Å². The van der Waals surface area contributed by atoms with Crippen LogP contribution in [0.5, 0.6) is 0 Å². The fraction of sp³-hybridized carbons (Fsp3) is 0.667. The Morgan fingerprint density at radius 2 is 2.06 bits per heavy atom. The Morgan fingerprint density at radius 1 is 1.33 bits per heavy atom. The fourth-order valence-corrected chi connectivity index (χ4v) is 2.28. The molecule has 3 N–H and O–H groups in total. The third-order valence-electron chi connectivity index (χ3n) is 3.33. The minimum absolute atomic E-state index is 0.190. The average molecular weight is 252 g/mol. The number of piperidine rings is 1. The number of nitrogens with zero attached hydrogens (tertiary/aromatic N) is 2. The Balaban J connectivity index is 1.90. The molecule has 1 aliphatic rings. The summed E-state index contributed by atoms with van der Waals surface area (Å²) in [5.74, 6) is -0.190. The molecule has 1 aromatic rings. The van der Waals surface area contributed by atoms with E-state index in [0.717, 1.165) is 24.3 Å². The first-order valence-corrected chi connectivity index (χ1v) is 6.47. The first-order valence-electron chi connectivity index (χ1n) is 6.47. The zero-order valence-electron chi connectivity index (χ0n) is 10.5. The SMILES string of the molecule is NCc1cc(=O)n(C(=O)CCN2CCCCC2)[nH]1. The van der Waals surface area contributed by atoms with Gasteiger partial charge in [0.15, 0.2) is 0 Å². The van der Waals surface area contributed by atoms with E-state index in [2.05, 4.69) is 10.00 Å². The van der Waals surface area contributed by atoms with Gasteiger partial charge in [0.1, 0.15) is 0 Å². The van der Waals surface area contributed by atoms with Crippen molar-refractivity contribution in [3.63, 3.8) is 0 Å². The highest BCUT2D eigenvalue weighted by molar-refractivity contribution is 5.78. The molecular formula is C12H20N4O2. The Kier molecular flexibility index (Phi) is 4.33. The lowest BCUT2D eigenvalue weighted by Gasteiger charge is -2.25. The van der Waals surface area contributed by atoms with Crippen LogP contribution in [-0.4, -0.2) is 40.2 Å². The van der Waals surface area contributed by atoms with Crippen molar-refractivity contribution in [2.45, 2.75) is 32.2 Å². The van der Waals surface area contributed by atoms with Crippen molar-refractivity contribution in [2.24, 2.45) is 5.73 Å². The summed E-state index contributed by atoms with van der Waals surface area (Å²) in [5, 5.41) is 2.73. The predicted octanol–water partition coefficient (Wildman–Crippen LogP) is 0.151. The van der Waals surface area contributed by atoms with E-state index in [4.69, 9.17) is 5.73 Å². The highest BCUT2D eigenvalue weighted by Crippen LogP contribution is 2.08. The predicted molar refractivity (Wildman–Crippen MR) is 68.5 cm³/mol. The molecule has 0 bridgehead atoms. The van der Waals surface area contributed by atoms with E-state index in [9.17, 15) is 9.59 Å². The van der Waals surface area contributed by atoms with Gasteiger partial charge in [0.05, 0.1) is 5.69 Å². The van der Waals surface area contributed by atoms with Crippen LogP contribution in [0.25, 0.3) is 0 Å². The van der Waals surface area contributed by atoms with Gasteiger partial charge in [-0.1, -0.05) is 6.42 Å². The Morgan fingerprint density at radius 3 is 2.67 bits per heavy atom. The van der Waals surface area contributed by atoms with Gasteiger partial charge in [-0.05, 0) is 25.9 Å². The largest absolute Gasteiger partial charge is 0.325 e. The number of carbonyl (C=O) groups excluding carboxylic acids is 1. The number of aromatic nitrogens is 2. The van der Waals surface area contributed by atoms with Crippen molar-refractivity contribution in [3.05, 3.63) is 22.1 Å². The van der Waals surface area contributed by atoms with Crippen LogP contribution in [-0.2, 0) is 6.54 Å². The fourth-order valence-electron chi connectivity index (χ4n) is 2.28. The van der Waals surface area contributed by atoms with Crippen molar-refractivity contribution >= 4 is 5.91 Å². The maximum atomic E-state index is 11.9. The molecule has 0 atom stereocenters. The maximum Gasteiger partial charge on any atom is 0.273 e. The summed E-state index contributed by atoms with van der Waals surface area (Å²) in [7, 11) is 0. The zero-order valence-corrected chi connectivity index (χ0v) is 10.5. The molecule has 1 saturated heterocycles. The highest BCUT2D eigenvalue weighted by atomic mass is 16.2. The van der Waals surface area contributed by atoms with Gasteiger partial charge in [-0.15, -0.1) is 0 Å². The molecule has 6 nitrogen and oxygen atoms in total. The standard InChI is InChI=1S/C12H20N4O2/c13-9-10-8-12(18)16(14-10)11(17)4-7-15-5-2-1-3-6-15/h8,14H,1-7,9,13H2. The number of hydrogen-bond donors (Lipinski definition) is 2. The number of nitrogens with one attached hydrogen (secondary N) is 1. The lowest BCUT2D eigenvalue weighted by Crippen LogP contribution is -2.34. The first kappa shape index (κ1) is 13.0. The van der Waals surface area contributed by atoms with Crippen molar-refractivity contribution in [1.82, 2.24) is 14.7 Å². The zero-order chi connectivity index (χ0) is 13.0. The van der Waals surface area contributed by atoms with Gasteiger partial charge in [0.25, 0.3) is 5.56 Å². The molecule has 100 valence electrons. The number of hydrogen-bond acceptors (Lipinski definition) is 4. The van der Waals surface area contributed by atoms with Crippen LogP contribution in [0.4, 0.5) is 0 Å². The second-order valence-corrected chi connectivity index (χ2v) is 4.71. The van der Waals surface area contributed by atoms with Gasteiger partial charge in [-0.2, -0.15) is 4.68 Å². The van der Waals surface area contributed by atoms with Gasteiger partial charge in [-0.3, -0.25) is 14.7 Å². The summed E-state index contributed by atoms with van der Waals surface area (Å²) in [6.45, 7) is 3.08. The molecule has 1 aromatic heterocycles. The number of carbonyl (C=O) groups is 1. The molecule has 0 unspecified atom stereocenters. The summed E-state index contributed by atoms with van der Waals surface area (Å²) in [6.07, 6.45) is 4.05. The molecule has 18 heavy (non-hydrogen) atoms. The van der Waals surface area contributed by atoms with E-state index >= 15 is 0 Å². The molecule has 1 fully saturated rings. The third-order valence-corrected chi connectivity index (χ3v) is 3.33. The number of rotatable bonds is 4. The van der Waals surface area contributed by atoms with E-state index in [1.54, 1.807) is 0 Å². The molecule has 0 radical (unpaired) electrons. The molecule has 0 spiro atoms. The van der Waals surface area contributed by atoms with Crippen LogP contribution in [0.15, 0.2) is 10.9 Å². The van der Waals surface area contributed by atoms with Crippen LogP contribution in [0.1, 0.15) is 36.2 Å². The Labute approximate surface area is 106 Å². The molecule has 0 aromatic carbocycles. The second kappa shape index (κ2) is 5.97. The van der Waals surface area contributed by atoms with E-state index in [1.165, 1.54) is 25.3 Å². The molecule has 2 rings (SSSR count). The molecule has 2 heterocycles. The number of nitrogens with two attached hydrogens (primary N) is 1. The average Bonchev–Trinajstić information content (AvgIpc) is 2.78. The molecule has 0 saturated carbocycles. The number of aromatic amines is 1. The van der Waals surface area contributed by atoms with Crippen LogP contribution < -0.4 is 11.3 Å². The minimum Gasteiger partial charge on any atom is -0.325 e. The van der Waals surface area contributed by atoms with E-state index in [0.29, 0.717) is 12.1 Å². The Bertz CT molecular complexity index is 457. The molecule has 0 amide bonds. The summed E-state index contributed by atoms with van der Waals surface area (Å²) in [6, 6.07) is 1.37. The van der Waals surface area contributed by atoms with Gasteiger partial charge >= 0.3 is 0 Å². The van der Waals surface area contributed by atoms with Gasteiger partial charge in [-0.25, -0.2) is 0 Å². The molecule has 6 heteroatoms. The lowest BCUT2D eigenvalue weighted by molar-refractivity contribution is 0.0857. The van der Waals surface area contributed by atoms with Crippen LogP contribution >= 0.6 is 0 Å². The normalized spacial score (nSPS) is 16.9. The molecular weight excluding hydrogens is 232 g/mol. The number of H-pyrrole nitrogens is 1. The second-order valence-electron chi connectivity index (χ2n) is 4.71. The highest BCUT2D eigenvalue weighted by Gasteiger charge is 2.14. The molecule has 1 aliphatic heterocycles. The third kappa shape index (κ3) is 3.08. The van der Waals surface area contributed by atoms with Crippen molar-refractivity contribution in [2.75, 3.05) is 19.6 Å². The lowest BCUT2D eigenvalue weighted by atomic mass is 10.1. The summed E-state index contributed by atoms with van der Waals surface area (Å²) in [5.41, 5.74) is 5.69. The first-order chi connectivity index (χ1) is 8.70. The van der Waals surface area contributed by atoms with Gasteiger partial charge in [0, 0.05) is 25.6 Å². The summed E-state index contributed by atoms with van der Waals surface area (Å²) in [4.78, 5) is 25.7. The summed E-state index contributed by atoms with van der Waals surface area (Å²) < 4.78 is 1.06. The van der Waals surface area contributed by atoms with E-state index < -0.39 is 0 Å². The van der Waals surface area contributed by atoms with Crippen molar-refractivity contribution < 1.29 is 4.79 Å². The van der Waals surface area contributed by atoms with Gasteiger partial charge in [0.2, 0.25) is 5.91 Å². The summed E-state index contributed by atoms with van der Waals surface area (Å²) >= 11 is 0. The smallest absolute Gasteiger partial charge is 0.273 e. The van der Waals surface area contributed by atoms with Crippen LogP contribution in [0, 0.1) is 0 Å². The Hall–Kier alpha value is -1.40. The topological polar surface area (TPSA) is 84.1 Å². The molecule has 0 aliphatic carbocycles. The van der Waals surface area contributed by atoms with Crippen LogP contribution in [0.2, 0.25) is 0 Å². The quantitative estimate of drug-likeness (QED) is 0.799. The van der Waals surface area contributed by atoms with Crippen LogP contribution in [0.3, 0.4) is 0 Å². The van der Waals surface area contributed by atoms with E-state index in [-0.39, 0.29) is 18.0 Å². The number of likely N-dealkylation sites (tertiary alicyclic amines) is 1.